The van der Waals surface area contributed by atoms with E-state index in [1.54, 1.807) is 11.3 Å². The molecule has 3 aliphatic heterocycles. The molecular weight excluding hydrogens is 391 g/mol. The number of piperidine rings is 1. The summed E-state index contributed by atoms with van der Waals surface area (Å²) < 4.78 is 0. The van der Waals surface area contributed by atoms with Crippen molar-refractivity contribution >= 4 is 47.2 Å². The average Bonchev–Trinajstić information content (AvgIpc) is 3.19. The van der Waals surface area contributed by atoms with Crippen molar-refractivity contribution in [1.82, 2.24) is 15.2 Å². The lowest BCUT2D eigenvalue weighted by atomic mass is 9.92. The summed E-state index contributed by atoms with van der Waals surface area (Å²) in [4.78, 5) is 22.1. The van der Waals surface area contributed by atoms with Crippen LogP contribution in [0.15, 0.2) is 5.38 Å². The molecule has 0 unspecified atom stereocenters. The fraction of sp³-hybridized carbons (Fsp3) is 0.778. The van der Waals surface area contributed by atoms with E-state index in [1.165, 1.54) is 12.8 Å². The minimum Gasteiger partial charge on any atom is -0.348 e. The Hall–Kier alpha value is -0.560. The van der Waals surface area contributed by atoms with Gasteiger partial charge in [-0.1, -0.05) is 0 Å². The zero-order chi connectivity index (χ0) is 16.5. The smallest absolute Gasteiger partial charge is 0.225 e. The third-order valence-electron chi connectivity index (χ3n) is 6.05. The van der Waals surface area contributed by atoms with Gasteiger partial charge in [0.2, 0.25) is 5.91 Å². The van der Waals surface area contributed by atoms with Gasteiger partial charge < -0.3 is 15.1 Å². The zero-order valence-electron chi connectivity index (χ0n) is 15.4. The molecular formula is C18H30Cl2N4OS. The predicted molar refractivity (Wildman–Crippen MR) is 112 cm³/mol. The second kappa shape index (κ2) is 9.58. The molecule has 2 atom stereocenters. The fourth-order valence-electron chi connectivity index (χ4n) is 4.50. The van der Waals surface area contributed by atoms with Crippen molar-refractivity contribution in [2.45, 2.75) is 32.6 Å². The molecule has 3 aliphatic rings. The quantitative estimate of drug-likeness (QED) is 0.798. The van der Waals surface area contributed by atoms with E-state index < -0.39 is 0 Å². The van der Waals surface area contributed by atoms with Crippen LogP contribution in [-0.4, -0.2) is 55.1 Å². The van der Waals surface area contributed by atoms with Crippen LogP contribution >= 0.6 is 36.2 Å². The highest BCUT2D eigenvalue weighted by molar-refractivity contribution is 7.13. The molecule has 1 aromatic rings. The molecule has 0 radical (unpaired) electrons. The number of carbonyl (C=O) groups excluding carboxylic acids is 1. The largest absolute Gasteiger partial charge is 0.348 e. The number of hydrogen-bond acceptors (Lipinski definition) is 5. The number of hydrogen-bond donors (Lipinski definition) is 1. The van der Waals surface area contributed by atoms with Crippen molar-refractivity contribution in [1.29, 1.82) is 0 Å². The first-order valence-corrected chi connectivity index (χ1v) is 10.3. The van der Waals surface area contributed by atoms with E-state index in [0.717, 1.165) is 74.8 Å². The van der Waals surface area contributed by atoms with Crippen LogP contribution in [0.4, 0.5) is 5.13 Å². The molecule has 1 aromatic heterocycles. The van der Waals surface area contributed by atoms with Gasteiger partial charge in [0, 0.05) is 37.5 Å². The fourth-order valence-corrected chi connectivity index (χ4v) is 5.36. The van der Waals surface area contributed by atoms with Gasteiger partial charge in [0.1, 0.15) is 0 Å². The van der Waals surface area contributed by atoms with E-state index in [-0.39, 0.29) is 30.7 Å². The number of aryl methyl sites for hydroxylation is 1. The van der Waals surface area contributed by atoms with E-state index in [1.807, 2.05) is 6.92 Å². The lowest BCUT2D eigenvalue weighted by Crippen LogP contribution is -2.43. The topological polar surface area (TPSA) is 48.5 Å². The number of fused-ring (bicyclic) bond motifs is 1. The molecule has 148 valence electrons. The standard InChI is InChI=1S/C18H28N4OS.2ClH/c1-13-12-24-18(20-13)22-8-2-14(3-9-22)17(23)21-6-4-15-10-19-11-16(15)5-7-21;;/h12,14-16,19H,2-11H2,1H3;2*1H/t15-,16+;;. The maximum atomic E-state index is 13.0. The Balaban J connectivity index is 0.00000121. The van der Waals surface area contributed by atoms with Crippen LogP contribution in [0.25, 0.3) is 0 Å². The maximum absolute atomic E-state index is 13.0. The van der Waals surface area contributed by atoms with Crippen LogP contribution in [0, 0.1) is 24.7 Å². The third-order valence-corrected chi connectivity index (χ3v) is 7.07. The van der Waals surface area contributed by atoms with Crippen LogP contribution in [0.5, 0.6) is 0 Å². The van der Waals surface area contributed by atoms with E-state index in [0.29, 0.717) is 5.91 Å². The van der Waals surface area contributed by atoms with Crippen molar-refractivity contribution in [2.75, 3.05) is 44.2 Å². The van der Waals surface area contributed by atoms with Crippen LogP contribution in [-0.2, 0) is 4.79 Å². The summed E-state index contributed by atoms with van der Waals surface area (Å²) in [6.07, 6.45) is 4.31. The van der Waals surface area contributed by atoms with E-state index in [9.17, 15) is 4.79 Å². The molecule has 5 nitrogen and oxygen atoms in total. The number of nitrogens with zero attached hydrogens (tertiary/aromatic N) is 3. The van der Waals surface area contributed by atoms with Gasteiger partial charge in [0.15, 0.2) is 5.13 Å². The van der Waals surface area contributed by atoms with Gasteiger partial charge >= 0.3 is 0 Å². The van der Waals surface area contributed by atoms with Gasteiger partial charge in [-0.05, 0) is 57.5 Å². The van der Waals surface area contributed by atoms with Gasteiger partial charge in [-0.15, -0.1) is 36.2 Å². The Morgan fingerprint density at radius 2 is 1.69 bits per heavy atom. The highest BCUT2D eigenvalue weighted by atomic mass is 35.5. The summed E-state index contributed by atoms with van der Waals surface area (Å²) >= 11 is 1.72. The van der Waals surface area contributed by atoms with Crippen LogP contribution in [0.2, 0.25) is 0 Å². The summed E-state index contributed by atoms with van der Waals surface area (Å²) in [7, 11) is 0. The Labute approximate surface area is 172 Å². The van der Waals surface area contributed by atoms with Gasteiger partial charge in [0.25, 0.3) is 0 Å². The zero-order valence-corrected chi connectivity index (χ0v) is 17.8. The number of anilines is 1. The first kappa shape index (κ1) is 21.7. The van der Waals surface area contributed by atoms with Crippen molar-refractivity contribution in [3.8, 4) is 0 Å². The highest BCUT2D eigenvalue weighted by Gasteiger charge is 2.34. The van der Waals surface area contributed by atoms with Gasteiger partial charge in [-0.2, -0.15) is 0 Å². The second-order valence-electron chi connectivity index (χ2n) is 7.61. The first-order chi connectivity index (χ1) is 11.7. The summed E-state index contributed by atoms with van der Waals surface area (Å²) in [6, 6.07) is 0. The molecule has 0 spiro atoms. The van der Waals surface area contributed by atoms with Crippen molar-refractivity contribution in [3.05, 3.63) is 11.1 Å². The molecule has 0 aliphatic carbocycles. The van der Waals surface area contributed by atoms with Gasteiger partial charge in [0.05, 0.1) is 5.69 Å². The molecule has 1 N–H and O–H groups in total. The molecule has 1 amide bonds. The first-order valence-electron chi connectivity index (χ1n) is 9.37. The number of halogens is 2. The van der Waals surface area contributed by atoms with Crippen molar-refractivity contribution in [2.24, 2.45) is 17.8 Å². The number of aromatic nitrogens is 1. The molecule has 26 heavy (non-hydrogen) atoms. The van der Waals surface area contributed by atoms with E-state index >= 15 is 0 Å². The number of carbonyl (C=O) groups is 1. The number of amides is 1. The lowest BCUT2D eigenvalue weighted by Gasteiger charge is -2.34. The van der Waals surface area contributed by atoms with Crippen LogP contribution in [0.1, 0.15) is 31.4 Å². The summed E-state index contributed by atoms with van der Waals surface area (Å²) in [5, 5.41) is 6.73. The molecule has 0 saturated carbocycles. The van der Waals surface area contributed by atoms with Crippen LogP contribution < -0.4 is 10.2 Å². The lowest BCUT2D eigenvalue weighted by molar-refractivity contribution is -0.136. The summed E-state index contributed by atoms with van der Waals surface area (Å²) in [5.41, 5.74) is 1.10. The minimum atomic E-state index is 0. The summed E-state index contributed by atoms with van der Waals surface area (Å²) in [6.45, 7) is 8.21. The third kappa shape index (κ3) is 4.64. The minimum absolute atomic E-state index is 0. The van der Waals surface area contributed by atoms with E-state index in [2.05, 4.69) is 25.5 Å². The molecule has 3 saturated heterocycles. The number of nitrogens with one attached hydrogen (secondary N) is 1. The molecule has 8 heteroatoms. The highest BCUT2D eigenvalue weighted by Crippen LogP contribution is 2.30. The second-order valence-corrected chi connectivity index (χ2v) is 8.45. The number of thiazole rings is 1. The molecule has 0 bridgehead atoms. The monoisotopic (exact) mass is 420 g/mol. The van der Waals surface area contributed by atoms with Crippen molar-refractivity contribution < 1.29 is 4.79 Å². The van der Waals surface area contributed by atoms with Crippen LogP contribution in [0.3, 0.4) is 0 Å². The van der Waals surface area contributed by atoms with Crippen molar-refractivity contribution in [3.63, 3.8) is 0 Å². The number of rotatable bonds is 2. The SMILES string of the molecule is Cc1csc(N2CCC(C(=O)N3CC[C@@H]4CNC[C@@H]4CC3)CC2)n1.Cl.Cl. The molecule has 4 heterocycles. The van der Waals surface area contributed by atoms with E-state index in [4.69, 9.17) is 0 Å². The molecule has 3 fully saturated rings. The van der Waals surface area contributed by atoms with Gasteiger partial charge in [-0.25, -0.2) is 4.98 Å². The molecule has 4 rings (SSSR count). The predicted octanol–water partition coefficient (Wildman–Crippen LogP) is 2.97. The molecule has 0 aromatic carbocycles. The average molecular weight is 421 g/mol. The normalized spacial score (nSPS) is 26.5. The maximum Gasteiger partial charge on any atom is 0.225 e. The summed E-state index contributed by atoms with van der Waals surface area (Å²) in [5.74, 6) is 2.21. The Morgan fingerprint density at radius 1 is 1.08 bits per heavy atom. The Bertz CT molecular complexity index is 578. The Kier molecular flexibility index (Phi) is 8.01. The van der Waals surface area contributed by atoms with Gasteiger partial charge in [-0.3, -0.25) is 4.79 Å². The number of likely N-dealkylation sites (tertiary alicyclic amines) is 1. The Morgan fingerprint density at radius 3 is 2.23 bits per heavy atom.